The van der Waals surface area contributed by atoms with Crippen LogP contribution < -0.4 is 5.32 Å². The molecule has 0 bridgehead atoms. The predicted molar refractivity (Wildman–Crippen MR) is 55.5 cm³/mol. The van der Waals surface area contributed by atoms with Crippen LogP contribution in [0.5, 0.6) is 0 Å². The van der Waals surface area contributed by atoms with Crippen LogP contribution >= 0.6 is 11.6 Å². The quantitative estimate of drug-likeness (QED) is 0.835. The number of nitrogens with one attached hydrogen (secondary N) is 1. The summed E-state index contributed by atoms with van der Waals surface area (Å²) >= 11 is 5.76. The molecule has 0 radical (unpaired) electrons. The second kappa shape index (κ2) is 5.09. The first kappa shape index (κ1) is 11.9. The maximum Gasteiger partial charge on any atom is 0.325 e. The van der Waals surface area contributed by atoms with E-state index in [1.807, 2.05) is 0 Å². The number of hydrogen-bond acceptors (Lipinski definition) is 2. The van der Waals surface area contributed by atoms with E-state index in [1.165, 1.54) is 18.2 Å². The minimum atomic E-state index is -1.15. The molecule has 0 aromatic heterocycles. The van der Waals surface area contributed by atoms with Crippen LogP contribution in [0.25, 0.3) is 0 Å². The molecular weight excluding hydrogens is 221 g/mol. The van der Waals surface area contributed by atoms with Gasteiger partial charge in [-0.3, -0.25) is 4.79 Å². The molecule has 1 atom stereocenters. The highest BCUT2D eigenvalue weighted by molar-refractivity contribution is 6.31. The summed E-state index contributed by atoms with van der Waals surface area (Å²) in [5.74, 6) is -1.76. The van der Waals surface area contributed by atoms with Crippen molar-refractivity contribution in [2.75, 3.05) is 6.54 Å². The van der Waals surface area contributed by atoms with Gasteiger partial charge in [-0.05, 0) is 18.7 Å². The summed E-state index contributed by atoms with van der Waals surface area (Å²) in [4.78, 5) is 10.9. The van der Waals surface area contributed by atoms with Crippen molar-refractivity contribution in [2.45, 2.75) is 13.0 Å². The van der Waals surface area contributed by atoms with Crippen molar-refractivity contribution in [3.05, 3.63) is 34.6 Å². The molecule has 1 aromatic carbocycles. The monoisotopic (exact) mass is 231 g/mol. The Morgan fingerprint density at radius 1 is 1.67 bits per heavy atom. The molecule has 0 saturated heterocycles. The van der Waals surface area contributed by atoms with Crippen molar-refractivity contribution in [3.63, 3.8) is 0 Å². The van der Waals surface area contributed by atoms with Crippen LogP contribution in [0.15, 0.2) is 18.2 Å². The lowest BCUT2D eigenvalue weighted by Gasteiger charge is -2.15. The van der Waals surface area contributed by atoms with E-state index in [4.69, 9.17) is 16.7 Å². The molecule has 0 spiro atoms. The molecular formula is C10H11ClFNO2. The van der Waals surface area contributed by atoms with Crippen molar-refractivity contribution in [1.29, 1.82) is 0 Å². The minimum absolute atomic E-state index is 0.0199. The van der Waals surface area contributed by atoms with Crippen molar-refractivity contribution in [2.24, 2.45) is 0 Å². The Kier molecular flexibility index (Phi) is 4.05. The summed E-state index contributed by atoms with van der Waals surface area (Å²) in [6.07, 6.45) is 0. The highest BCUT2D eigenvalue weighted by Crippen LogP contribution is 2.25. The lowest BCUT2D eigenvalue weighted by atomic mass is 10.1. The Hall–Kier alpha value is -1.13. The van der Waals surface area contributed by atoms with Gasteiger partial charge in [0.15, 0.2) is 0 Å². The molecule has 2 N–H and O–H groups in total. The third kappa shape index (κ3) is 2.67. The Bertz CT molecular complexity index is 350. The number of aliphatic carboxylic acids is 1. The van der Waals surface area contributed by atoms with Crippen LogP contribution in [0.1, 0.15) is 18.5 Å². The maximum atomic E-state index is 13.4. The van der Waals surface area contributed by atoms with E-state index in [9.17, 15) is 9.18 Å². The van der Waals surface area contributed by atoms with E-state index in [0.717, 1.165) is 0 Å². The summed E-state index contributed by atoms with van der Waals surface area (Å²) in [7, 11) is 0. The second-order valence-electron chi connectivity index (χ2n) is 2.96. The fourth-order valence-corrected chi connectivity index (χ4v) is 1.58. The van der Waals surface area contributed by atoms with Gasteiger partial charge in [-0.25, -0.2) is 4.39 Å². The Labute approximate surface area is 91.9 Å². The van der Waals surface area contributed by atoms with Gasteiger partial charge in [-0.15, -0.1) is 0 Å². The van der Waals surface area contributed by atoms with Gasteiger partial charge in [0.2, 0.25) is 0 Å². The number of rotatable bonds is 4. The number of halogens is 2. The SMILES string of the molecule is CCNC(C(=O)O)c1c(F)cccc1Cl. The first-order valence-electron chi connectivity index (χ1n) is 4.48. The van der Waals surface area contributed by atoms with Crippen LogP contribution in [0.4, 0.5) is 4.39 Å². The Morgan fingerprint density at radius 3 is 2.80 bits per heavy atom. The smallest absolute Gasteiger partial charge is 0.325 e. The summed E-state index contributed by atoms with van der Waals surface area (Å²) in [5.41, 5.74) is -0.0199. The highest BCUT2D eigenvalue weighted by atomic mass is 35.5. The van der Waals surface area contributed by atoms with Crippen molar-refractivity contribution >= 4 is 17.6 Å². The lowest BCUT2D eigenvalue weighted by molar-refractivity contribution is -0.139. The van der Waals surface area contributed by atoms with Crippen molar-refractivity contribution in [3.8, 4) is 0 Å². The maximum absolute atomic E-state index is 13.4. The molecule has 15 heavy (non-hydrogen) atoms. The summed E-state index contributed by atoms with van der Waals surface area (Å²) in [6, 6.07) is 2.98. The predicted octanol–water partition coefficient (Wildman–Crippen LogP) is 2.21. The fourth-order valence-electron chi connectivity index (χ4n) is 1.30. The lowest BCUT2D eigenvalue weighted by Crippen LogP contribution is -2.29. The zero-order valence-electron chi connectivity index (χ0n) is 8.13. The van der Waals surface area contributed by atoms with Gasteiger partial charge in [0.25, 0.3) is 0 Å². The number of carbonyl (C=O) groups is 1. The molecule has 3 nitrogen and oxygen atoms in total. The number of hydrogen-bond donors (Lipinski definition) is 2. The molecule has 1 rings (SSSR count). The molecule has 0 saturated carbocycles. The molecule has 1 aromatic rings. The summed E-state index contributed by atoms with van der Waals surface area (Å²) in [5, 5.41) is 11.7. The summed E-state index contributed by atoms with van der Waals surface area (Å²) < 4.78 is 13.4. The molecule has 0 aliphatic rings. The van der Waals surface area contributed by atoms with Crippen LogP contribution in [-0.2, 0) is 4.79 Å². The zero-order chi connectivity index (χ0) is 11.4. The fraction of sp³-hybridized carbons (Fsp3) is 0.300. The van der Waals surface area contributed by atoms with E-state index in [0.29, 0.717) is 6.54 Å². The standard InChI is InChI=1S/C10H11ClFNO2/c1-2-13-9(10(14)15)8-6(11)4-3-5-7(8)12/h3-5,9,13H,2H2,1H3,(H,14,15). The normalized spacial score (nSPS) is 12.5. The van der Waals surface area contributed by atoms with Gasteiger partial charge < -0.3 is 10.4 Å². The Balaban J connectivity index is 3.15. The first-order chi connectivity index (χ1) is 7.07. The van der Waals surface area contributed by atoms with Gasteiger partial charge in [-0.2, -0.15) is 0 Å². The van der Waals surface area contributed by atoms with Crippen molar-refractivity contribution in [1.82, 2.24) is 5.32 Å². The molecule has 5 heteroatoms. The summed E-state index contributed by atoms with van der Waals surface area (Å²) in [6.45, 7) is 2.16. The van der Waals surface area contributed by atoms with E-state index >= 15 is 0 Å². The van der Waals surface area contributed by atoms with Crippen LogP contribution in [-0.4, -0.2) is 17.6 Å². The first-order valence-corrected chi connectivity index (χ1v) is 4.85. The molecule has 0 aliphatic carbocycles. The van der Waals surface area contributed by atoms with Crippen LogP contribution in [0.3, 0.4) is 0 Å². The molecule has 0 amide bonds. The number of benzene rings is 1. The third-order valence-corrected chi connectivity index (χ3v) is 2.27. The van der Waals surface area contributed by atoms with Gasteiger partial charge in [0.05, 0.1) is 0 Å². The van der Waals surface area contributed by atoms with Gasteiger partial charge in [0.1, 0.15) is 11.9 Å². The van der Waals surface area contributed by atoms with Gasteiger partial charge in [-0.1, -0.05) is 24.6 Å². The van der Waals surface area contributed by atoms with E-state index in [1.54, 1.807) is 6.92 Å². The second-order valence-corrected chi connectivity index (χ2v) is 3.37. The largest absolute Gasteiger partial charge is 0.480 e. The van der Waals surface area contributed by atoms with E-state index < -0.39 is 17.8 Å². The number of likely N-dealkylation sites (N-methyl/N-ethyl adjacent to an activating group) is 1. The van der Waals surface area contributed by atoms with Crippen LogP contribution in [0.2, 0.25) is 5.02 Å². The average Bonchev–Trinajstić information content (AvgIpc) is 2.15. The molecule has 0 aliphatic heterocycles. The third-order valence-electron chi connectivity index (χ3n) is 1.94. The Morgan fingerprint density at radius 2 is 2.33 bits per heavy atom. The van der Waals surface area contributed by atoms with Crippen molar-refractivity contribution < 1.29 is 14.3 Å². The van der Waals surface area contributed by atoms with Gasteiger partial charge >= 0.3 is 5.97 Å². The molecule has 82 valence electrons. The number of carboxylic acid groups (broad SMARTS) is 1. The highest BCUT2D eigenvalue weighted by Gasteiger charge is 2.24. The van der Waals surface area contributed by atoms with E-state index in [2.05, 4.69) is 5.32 Å². The minimum Gasteiger partial charge on any atom is -0.480 e. The average molecular weight is 232 g/mol. The van der Waals surface area contributed by atoms with Crippen LogP contribution in [0, 0.1) is 5.82 Å². The van der Waals surface area contributed by atoms with E-state index in [-0.39, 0.29) is 10.6 Å². The topological polar surface area (TPSA) is 49.3 Å². The molecule has 0 fully saturated rings. The molecule has 1 unspecified atom stereocenters. The molecule has 0 heterocycles. The van der Waals surface area contributed by atoms with Gasteiger partial charge in [0, 0.05) is 10.6 Å². The number of carboxylic acids is 1. The zero-order valence-corrected chi connectivity index (χ0v) is 8.88.